The van der Waals surface area contributed by atoms with Crippen LogP contribution in [0.5, 0.6) is 0 Å². The molecule has 0 fully saturated rings. The normalized spacial score (nSPS) is 11.0. The molecule has 0 spiro atoms. The molecule has 0 heterocycles. The number of hydrogen-bond acceptors (Lipinski definition) is 1. The standard InChI is InChI=1S/C15H13N3/c1-17-15(13-10-6-3-7-11-13)18-14(16)12-8-4-2-5-9-12/h2-11,16H,1H2. The van der Waals surface area contributed by atoms with E-state index in [9.17, 15) is 0 Å². The zero-order chi connectivity index (χ0) is 12.8. The van der Waals surface area contributed by atoms with Gasteiger partial charge in [-0.15, -0.1) is 0 Å². The third kappa shape index (κ3) is 2.77. The fourth-order valence-corrected chi connectivity index (χ4v) is 1.54. The van der Waals surface area contributed by atoms with Crippen molar-refractivity contribution in [3.63, 3.8) is 0 Å². The van der Waals surface area contributed by atoms with Crippen LogP contribution < -0.4 is 0 Å². The smallest absolute Gasteiger partial charge is 0.161 e. The summed E-state index contributed by atoms with van der Waals surface area (Å²) >= 11 is 0. The van der Waals surface area contributed by atoms with E-state index in [2.05, 4.69) is 16.7 Å². The van der Waals surface area contributed by atoms with E-state index in [1.54, 1.807) is 0 Å². The molecular formula is C15H13N3. The Labute approximate surface area is 106 Å². The van der Waals surface area contributed by atoms with Crippen LogP contribution in [-0.4, -0.2) is 18.4 Å². The second-order valence-corrected chi connectivity index (χ2v) is 3.67. The largest absolute Gasteiger partial charge is 0.282 e. The van der Waals surface area contributed by atoms with Crippen LogP contribution in [0.3, 0.4) is 0 Å². The zero-order valence-corrected chi connectivity index (χ0v) is 9.88. The van der Waals surface area contributed by atoms with Crippen LogP contribution in [-0.2, 0) is 0 Å². The highest BCUT2D eigenvalue weighted by molar-refractivity contribution is 6.11. The van der Waals surface area contributed by atoms with Gasteiger partial charge in [0.25, 0.3) is 0 Å². The molecule has 0 aliphatic heterocycles. The molecule has 0 atom stereocenters. The molecule has 0 unspecified atom stereocenters. The van der Waals surface area contributed by atoms with Gasteiger partial charge in [0.05, 0.1) is 0 Å². The monoisotopic (exact) mass is 235 g/mol. The Balaban J connectivity index is 2.32. The second-order valence-electron chi connectivity index (χ2n) is 3.67. The number of nitrogens with one attached hydrogen (secondary N) is 1. The van der Waals surface area contributed by atoms with E-state index in [4.69, 9.17) is 5.41 Å². The van der Waals surface area contributed by atoms with Crippen LogP contribution in [0.15, 0.2) is 70.6 Å². The van der Waals surface area contributed by atoms with Crippen LogP contribution in [0.4, 0.5) is 0 Å². The number of amidine groups is 2. The summed E-state index contributed by atoms with van der Waals surface area (Å²) in [6.45, 7) is 3.51. The molecule has 0 bridgehead atoms. The first-order valence-corrected chi connectivity index (χ1v) is 5.56. The van der Waals surface area contributed by atoms with E-state index in [0.29, 0.717) is 5.84 Å². The lowest BCUT2D eigenvalue weighted by atomic mass is 10.2. The van der Waals surface area contributed by atoms with Crippen molar-refractivity contribution in [1.29, 1.82) is 5.41 Å². The molecule has 3 nitrogen and oxygen atoms in total. The van der Waals surface area contributed by atoms with Crippen LogP contribution in [0.25, 0.3) is 0 Å². The maximum Gasteiger partial charge on any atom is 0.161 e. The zero-order valence-electron chi connectivity index (χ0n) is 9.88. The SMILES string of the molecule is C=NC(=NC(=N)c1ccccc1)c1ccccc1. The van der Waals surface area contributed by atoms with E-state index in [0.717, 1.165) is 11.1 Å². The fraction of sp³-hybridized carbons (Fsp3) is 0. The number of nitrogens with zero attached hydrogens (tertiary/aromatic N) is 2. The highest BCUT2D eigenvalue weighted by atomic mass is 14.9. The quantitative estimate of drug-likeness (QED) is 0.614. The van der Waals surface area contributed by atoms with Crippen molar-refractivity contribution < 1.29 is 0 Å². The van der Waals surface area contributed by atoms with Crippen molar-refractivity contribution in [3.05, 3.63) is 71.8 Å². The number of hydrogen-bond donors (Lipinski definition) is 1. The van der Waals surface area contributed by atoms with Gasteiger partial charge in [0.1, 0.15) is 0 Å². The minimum atomic E-state index is 0.182. The molecule has 0 saturated heterocycles. The fourth-order valence-electron chi connectivity index (χ4n) is 1.54. The van der Waals surface area contributed by atoms with Crippen LogP contribution in [0, 0.1) is 5.41 Å². The molecule has 3 heteroatoms. The van der Waals surface area contributed by atoms with E-state index < -0.39 is 0 Å². The van der Waals surface area contributed by atoms with Gasteiger partial charge in [-0.25, -0.2) is 9.98 Å². The minimum absolute atomic E-state index is 0.182. The molecule has 2 aromatic rings. The third-order valence-electron chi connectivity index (χ3n) is 2.45. The highest BCUT2D eigenvalue weighted by Gasteiger charge is 2.03. The Bertz CT molecular complexity index is 571. The Kier molecular flexibility index (Phi) is 3.76. The van der Waals surface area contributed by atoms with Gasteiger partial charge in [-0.05, 0) is 6.72 Å². The molecule has 18 heavy (non-hydrogen) atoms. The molecule has 0 aliphatic rings. The Morgan fingerprint density at radius 1 is 0.833 bits per heavy atom. The molecule has 0 aromatic heterocycles. The molecule has 1 N–H and O–H groups in total. The van der Waals surface area contributed by atoms with Crippen molar-refractivity contribution in [2.45, 2.75) is 0 Å². The van der Waals surface area contributed by atoms with E-state index >= 15 is 0 Å². The van der Waals surface area contributed by atoms with E-state index in [1.165, 1.54) is 0 Å². The number of benzene rings is 2. The maximum absolute atomic E-state index is 7.94. The van der Waals surface area contributed by atoms with Gasteiger partial charge in [-0.3, -0.25) is 5.41 Å². The lowest BCUT2D eigenvalue weighted by Gasteiger charge is -2.02. The lowest BCUT2D eigenvalue weighted by Crippen LogP contribution is -2.03. The average molecular weight is 235 g/mol. The summed E-state index contributed by atoms with van der Waals surface area (Å²) in [6, 6.07) is 18.9. The first-order valence-electron chi connectivity index (χ1n) is 5.56. The van der Waals surface area contributed by atoms with Gasteiger partial charge in [0.2, 0.25) is 0 Å². The average Bonchev–Trinajstić information content (AvgIpc) is 2.46. The van der Waals surface area contributed by atoms with Crippen LogP contribution in [0.1, 0.15) is 11.1 Å². The van der Waals surface area contributed by atoms with E-state index in [1.807, 2.05) is 60.7 Å². The number of aliphatic imine (C=N–C) groups is 2. The summed E-state index contributed by atoms with van der Waals surface area (Å²) in [6.07, 6.45) is 0. The molecule has 0 saturated carbocycles. The Hall–Kier alpha value is -2.55. The van der Waals surface area contributed by atoms with Gasteiger partial charge in [0.15, 0.2) is 11.7 Å². The first kappa shape index (κ1) is 11.9. The first-order chi connectivity index (χ1) is 8.81. The summed E-state index contributed by atoms with van der Waals surface area (Å²) in [4.78, 5) is 8.09. The molecule has 0 aliphatic carbocycles. The maximum atomic E-state index is 7.94. The highest BCUT2D eigenvalue weighted by Crippen LogP contribution is 2.06. The minimum Gasteiger partial charge on any atom is -0.282 e. The predicted octanol–water partition coefficient (Wildman–Crippen LogP) is 3.16. The molecule has 0 amide bonds. The summed E-state index contributed by atoms with van der Waals surface area (Å²) in [5.74, 6) is 0.645. The summed E-state index contributed by atoms with van der Waals surface area (Å²) in [5.41, 5.74) is 1.61. The molecule has 88 valence electrons. The Morgan fingerprint density at radius 3 is 1.83 bits per heavy atom. The van der Waals surface area contributed by atoms with Crippen molar-refractivity contribution in [2.75, 3.05) is 0 Å². The van der Waals surface area contributed by atoms with Crippen molar-refractivity contribution >= 4 is 18.4 Å². The summed E-state index contributed by atoms with van der Waals surface area (Å²) in [7, 11) is 0. The van der Waals surface area contributed by atoms with Crippen molar-refractivity contribution in [3.8, 4) is 0 Å². The summed E-state index contributed by atoms with van der Waals surface area (Å²) in [5, 5.41) is 7.94. The van der Waals surface area contributed by atoms with Crippen molar-refractivity contribution in [1.82, 2.24) is 0 Å². The lowest BCUT2D eigenvalue weighted by molar-refractivity contribution is 1.40. The third-order valence-corrected chi connectivity index (χ3v) is 2.45. The second kappa shape index (κ2) is 5.68. The van der Waals surface area contributed by atoms with Crippen molar-refractivity contribution in [2.24, 2.45) is 9.98 Å². The Morgan fingerprint density at radius 2 is 1.33 bits per heavy atom. The van der Waals surface area contributed by atoms with Crippen LogP contribution >= 0.6 is 0 Å². The van der Waals surface area contributed by atoms with Gasteiger partial charge in [-0.1, -0.05) is 60.7 Å². The molecule has 2 aromatic carbocycles. The van der Waals surface area contributed by atoms with Gasteiger partial charge in [-0.2, -0.15) is 0 Å². The number of rotatable bonds is 2. The molecule has 0 radical (unpaired) electrons. The van der Waals surface area contributed by atoms with Gasteiger partial charge >= 0.3 is 0 Å². The summed E-state index contributed by atoms with van der Waals surface area (Å²) < 4.78 is 0. The molecule has 2 rings (SSSR count). The van der Waals surface area contributed by atoms with Gasteiger partial charge < -0.3 is 0 Å². The van der Waals surface area contributed by atoms with Gasteiger partial charge in [0, 0.05) is 11.1 Å². The van der Waals surface area contributed by atoms with Crippen LogP contribution in [0.2, 0.25) is 0 Å². The van der Waals surface area contributed by atoms with E-state index in [-0.39, 0.29) is 5.84 Å². The predicted molar refractivity (Wildman–Crippen MR) is 75.8 cm³/mol. The topological polar surface area (TPSA) is 48.6 Å². The molecular weight excluding hydrogens is 222 g/mol.